The molecular weight excluding hydrogens is 528 g/mol. The summed E-state index contributed by atoms with van der Waals surface area (Å²) in [6, 6.07) is 30.9. The molecule has 42 heavy (non-hydrogen) atoms. The van der Waals surface area contributed by atoms with E-state index in [0.717, 1.165) is 27.8 Å². The van der Waals surface area contributed by atoms with Gasteiger partial charge in [0.25, 0.3) is 0 Å². The van der Waals surface area contributed by atoms with Gasteiger partial charge in [-0.1, -0.05) is 54.1 Å². The average Bonchev–Trinajstić information content (AvgIpc) is 3.73. The topological polar surface area (TPSA) is 112 Å². The maximum atomic E-state index is 6.15. The van der Waals surface area contributed by atoms with Crippen molar-refractivity contribution >= 4 is 12.1 Å². The summed E-state index contributed by atoms with van der Waals surface area (Å²) in [5, 5.41) is 25.8. The molecule has 4 aromatic carbocycles. The molecule has 9 nitrogen and oxygen atoms in total. The summed E-state index contributed by atoms with van der Waals surface area (Å²) >= 11 is 0. The van der Waals surface area contributed by atoms with Crippen LogP contribution in [0.2, 0.25) is 0 Å². The Morgan fingerprint density at radius 3 is 1.93 bits per heavy atom. The number of aromatic nitrogens is 4. The number of rotatable bonds is 7. The quantitative estimate of drug-likeness (QED) is 0.117. The highest BCUT2D eigenvalue weighted by Gasteiger charge is 2.17. The lowest BCUT2D eigenvalue weighted by atomic mass is 10.1. The van der Waals surface area contributed by atoms with Gasteiger partial charge in [0.1, 0.15) is 0 Å². The molecule has 0 saturated heterocycles. The van der Waals surface area contributed by atoms with Crippen molar-refractivity contribution in [2.24, 2.45) is 10.2 Å². The van der Waals surface area contributed by atoms with Gasteiger partial charge in [0.05, 0.1) is 13.3 Å². The fourth-order valence-corrected chi connectivity index (χ4v) is 4.37. The van der Waals surface area contributed by atoms with Gasteiger partial charge in [-0.2, -0.15) is 5.10 Å². The number of aryl methyl sites for hydroxylation is 2. The normalized spacial score (nSPS) is 11.7. The molecule has 6 aromatic rings. The third-order valence-corrected chi connectivity index (χ3v) is 6.51. The second-order valence-corrected chi connectivity index (χ2v) is 9.57. The summed E-state index contributed by atoms with van der Waals surface area (Å²) in [4.78, 5) is 0. The SMILES string of the molecule is CO/C(=N\N=C\c1cc(-c2nnc(-c3ccccc3)o2)cc(-c2nnc(-c3cc(C)ccc3C)o2)c1)c1ccccc1. The summed E-state index contributed by atoms with van der Waals surface area (Å²) in [6.45, 7) is 4.04. The first-order valence-electron chi connectivity index (χ1n) is 13.2. The van der Waals surface area contributed by atoms with Crippen molar-refractivity contribution < 1.29 is 13.6 Å². The Morgan fingerprint density at radius 2 is 1.26 bits per heavy atom. The van der Waals surface area contributed by atoms with E-state index in [9.17, 15) is 0 Å². The van der Waals surface area contributed by atoms with Crippen molar-refractivity contribution in [1.82, 2.24) is 20.4 Å². The molecule has 0 amide bonds. The van der Waals surface area contributed by atoms with E-state index in [0.29, 0.717) is 46.2 Å². The van der Waals surface area contributed by atoms with Gasteiger partial charge in [-0.25, -0.2) is 0 Å². The van der Waals surface area contributed by atoms with Crippen molar-refractivity contribution in [2.45, 2.75) is 13.8 Å². The molecule has 0 aliphatic carbocycles. The molecule has 0 N–H and O–H groups in total. The zero-order chi connectivity index (χ0) is 28.9. The molecular formula is C33H26N6O3. The van der Waals surface area contributed by atoms with Crippen LogP contribution in [0.1, 0.15) is 22.3 Å². The summed E-state index contributed by atoms with van der Waals surface area (Å²) in [5.41, 5.74) is 6.71. The number of hydrogen-bond acceptors (Lipinski definition) is 9. The molecule has 0 atom stereocenters. The van der Waals surface area contributed by atoms with Gasteiger partial charge >= 0.3 is 0 Å². The first kappa shape index (κ1) is 26.5. The molecule has 0 bridgehead atoms. The van der Waals surface area contributed by atoms with Crippen molar-refractivity contribution in [3.8, 4) is 45.8 Å². The predicted octanol–water partition coefficient (Wildman–Crippen LogP) is 7.16. The number of methoxy groups -OCH3 is 1. The highest BCUT2D eigenvalue weighted by atomic mass is 16.5. The van der Waals surface area contributed by atoms with Crippen LogP contribution in [0, 0.1) is 13.8 Å². The number of nitrogens with zero attached hydrogens (tertiary/aromatic N) is 6. The predicted molar refractivity (Wildman–Crippen MR) is 161 cm³/mol. The molecule has 0 saturated carbocycles. The summed E-state index contributed by atoms with van der Waals surface area (Å²) in [5.74, 6) is 1.93. The Kier molecular flexibility index (Phi) is 7.46. The van der Waals surface area contributed by atoms with E-state index in [1.165, 1.54) is 0 Å². The molecule has 0 fully saturated rings. The van der Waals surface area contributed by atoms with E-state index in [2.05, 4.69) is 36.7 Å². The maximum Gasteiger partial charge on any atom is 0.248 e. The van der Waals surface area contributed by atoms with E-state index >= 15 is 0 Å². The lowest BCUT2D eigenvalue weighted by molar-refractivity contribution is 0.403. The molecule has 0 radical (unpaired) electrons. The van der Waals surface area contributed by atoms with Crippen molar-refractivity contribution in [3.05, 3.63) is 119 Å². The minimum atomic E-state index is 0.338. The van der Waals surface area contributed by atoms with Crippen LogP contribution in [0.15, 0.2) is 116 Å². The van der Waals surface area contributed by atoms with Gasteiger partial charge in [0.2, 0.25) is 29.5 Å². The largest absolute Gasteiger partial charge is 0.479 e. The summed E-state index contributed by atoms with van der Waals surface area (Å²) in [7, 11) is 1.56. The molecule has 0 aliphatic rings. The van der Waals surface area contributed by atoms with Gasteiger partial charge in [-0.05, 0) is 73.5 Å². The van der Waals surface area contributed by atoms with Crippen LogP contribution < -0.4 is 0 Å². The molecule has 2 aromatic heterocycles. The van der Waals surface area contributed by atoms with E-state index in [-0.39, 0.29) is 0 Å². The van der Waals surface area contributed by atoms with Gasteiger partial charge < -0.3 is 13.6 Å². The van der Waals surface area contributed by atoms with E-state index in [4.69, 9.17) is 13.6 Å². The van der Waals surface area contributed by atoms with Gasteiger partial charge in [-0.3, -0.25) is 0 Å². The van der Waals surface area contributed by atoms with Gasteiger partial charge in [-0.15, -0.1) is 25.5 Å². The second kappa shape index (κ2) is 11.8. The minimum absolute atomic E-state index is 0.338. The fraction of sp³-hybridized carbons (Fsp3) is 0.0909. The van der Waals surface area contributed by atoms with Crippen LogP contribution in [0.3, 0.4) is 0 Å². The summed E-state index contributed by atoms with van der Waals surface area (Å²) in [6.07, 6.45) is 1.62. The van der Waals surface area contributed by atoms with Crippen LogP contribution in [0.5, 0.6) is 0 Å². The summed E-state index contributed by atoms with van der Waals surface area (Å²) < 4.78 is 17.6. The smallest absolute Gasteiger partial charge is 0.248 e. The Balaban J connectivity index is 1.40. The van der Waals surface area contributed by atoms with Crippen LogP contribution in [0.4, 0.5) is 0 Å². The van der Waals surface area contributed by atoms with Crippen molar-refractivity contribution in [3.63, 3.8) is 0 Å². The Labute approximate surface area is 242 Å². The average molecular weight is 555 g/mol. The molecule has 6 rings (SSSR count). The number of hydrogen-bond donors (Lipinski definition) is 0. The zero-order valence-corrected chi connectivity index (χ0v) is 23.2. The molecule has 0 unspecified atom stereocenters. The first-order valence-corrected chi connectivity index (χ1v) is 13.2. The van der Waals surface area contributed by atoms with Crippen LogP contribution in [0.25, 0.3) is 45.8 Å². The third-order valence-electron chi connectivity index (χ3n) is 6.51. The molecule has 2 heterocycles. The zero-order valence-electron chi connectivity index (χ0n) is 23.2. The van der Waals surface area contributed by atoms with Crippen LogP contribution in [-0.2, 0) is 4.74 Å². The Hall–Kier alpha value is -5.70. The monoisotopic (exact) mass is 554 g/mol. The lowest BCUT2D eigenvalue weighted by Gasteiger charge is -2.04. The van der Waals surface area contributed by atoms with E-state index in [1.807, 2.05) is 105 Å². The number of benzene rings is 4. The van der Waals surface area contributed by atoms with Crippen LogP contribution in [-0.4, -0.2) is 39.6 Å². The first-order chi connectivity index (χ1) is 20.6. The van der Waals surface area contributed by atoms with Gasteiger partial charge in [0.15, 0.2) is 0 Å². The van der Waals surface area contributed by atoms with Crippen molar-refractivity contribution in [1.29, 1.82) is 0 Å². The fourth-order valence-electron chi connectivity index (χ4n) is 4.37. The second-order valence-electron chi connectivity index (χ2n) is 9.57. The third kappa shape index (κ3) is 5.75. The molecule has 9 heteroatoms. The molecule has 0 spiro atoms. The maximum absolute atomic E-state index is 6.15. The minimum Gasteiger partial charge on any atom is -0.479 e. The standard InChI is InChI=1S/C33H26N6O3/c1-21-14-15-22(2)28(16-21)33-39-38-32(42-33)27-18-23(20-34-35-29(40-3)24-10-6-4-7-11-24)17-26(19-27)31-37-36-30(41-31)25-12-8-5-9-13-25/h4-20H,1-3H3/b34-20+,35-29-. The molecule has 206 valence electrons. The van der Waals surface area contributed by atoms with Gasteiger partial charge in [0, 0.05) is 27.8 Å². The Morgan fingerprint density at radius 1 is 0.667 bits per heavy atom. The van der Waals surface area contributed by atoms with E-state index < -0.39 is 0 Å². The highest BCUT2D eigenvalue weighted by Crippen LogP contribution is 2.31. The van der Waals surface area contributed by atoms with E-state index in [1.54, 1.807) is 13.3 Å². The lowest BCUT2D eigenvalue weighted by Crippen LogP contribution is -2.02. The van der Waals surface area contributed by atoms with Crippen LogP contribution >= 0.6 is 0 Å². The highest BCUT2D eigenvalue weighted by molar-refractivity contribution is 5.94. The molecule has 0 aliphatic heterocycles. The number of ether oxygens (including phenoxy) is 1. The van der Waals surface area contributed by atoms with Crippen molar-refractivity contribution in [2.75, 3.05) is 7.11 Å². The Bertz CT molecular complexity index is 1890.